The van der Waals surface area contributed by atoms with Gasteiger partial charge in [-0.15, -0.1) is 0 Å². The summed E-state index contributed by atoms with van der Waals surface area (Å²) in [7, 11) is 0. The van der Waals surface area contributed by atoms with Crippen molar-refractivity contribution in [3.63, 3.8) is 0 Å². The maximum atomic E-state index is 11.7. The number of nitrogens with one attached hydrogen (secondary N) is 2. The minimum absolute atomic E-state index is 0.00286. The van der Waals surface area contributed by atoms with Crippen LogP contribution in [0.1, 0.15) is 38.2 Å². The van der Waals surface area contributed by atoms with E-state index in [0.29, 0.717) is 23.2 Å². The van der Waals surface area contributed by atoms with Crippen LogP contribution < -0.4 is 10.9 Å². The van der Waals surface area contributed by atoms with E-state index in [4.69, 9.17) is 23.2 Å². The summed E-state index contributed by atoms with van der Waals surface area (Å²) in [5, 5.41) is 2.45. The van der Waals surface area contributed by atoms with E-state index in [0.717, 1.165) is 41.4 Å². The largest absolute Gasteiger partial charge is 0.277 e. The van der Waals surface area contributed by atoms with Crippen molar-refractivity contribution >= 4 is 46.0 Å². The number of carbonyl (C=O) groups excluding carboxylic acids is 1. The lowest BCUT2D eigenvalue weighted by Crippen LogP contribution is -2.39. The van der Waals surface area contributed by atoms with E-state index in [2.05, 4.69) is 22.8 Å². The van der Waals surface area contributed by atoms with Crippen LogP contribution in [0.15, 0.2) is 23.2 Å². The van der Waals surface area contributed by atoms with Crippen LogP contribution in [0.5, 0.6) is 0 Å². The molecule has 1 unspecified atom stereocenters. The van der Waals surface area contributed by atoms with Crippen LogP contribution in [-0.2, 0) is 11.2 Å². The SMILES string of the molecule is CCCCCC(=O)NNC1=NCC(Cc2cc(Cl)ccc2Cl)S1. The first-order valence-electron chi connectivity index (χ1n) is 7.78. The maximum absolute atomic E-state index is 11.7. The molecule has 0 saturated carbocycles. The van der Waals surface area contributed by atoms with E-state index in [-0.39, 0.29) is 5.91 Å². The third-order valence-corrected chi connectivity index (χ3v) is 5.20. The molecule has 4 nitrogen and oxygen atoms in total. The number of amidine groups is 1. The molecule has 1 atom stereocenters. The zero-order valence-corrected chi connectivity index (χ0v) is 15.4. The molecule has 0 bridgehead atoms. The number of nitrogens with zero attached hydrogens (tertiary/aromatic N) is 1. The number of hydrazine groups is 1. The molecule has 0 radical (unpaired) electrons. The first kappa shape index (κ1) is 18.4. The van der Waals surface area contributed by atoms with Gasteiger partial charge in [-0.05, 0) is 36.6 Å². The van der Waals surface area contributed by atoms with Gasteiger partial charge < -0.3 is 0 Å². The number of benzene rings is 1. The van der Waals surface area contributed by atoms with E-state index in [1.807, 2.05) is 12.1 Å². The third-order valence-electron chi connectivity index (χ3n) is 3.49. The molecule has 2 N–H and O–H groups in total. The summed E-state index contributed by atoms with van der Waals surface area (Å²) in [6, 6.07) is 5.49. The Kier molecular flexibility index (Phi) is 7.53. The number of hydrogen-bond acceptors (Lipinski definition) is 4. The number of amides is 1. The molecule has 1 aromatic rings. The Bertz CT molecular complexity index is 580. The lowest BCUT2D eigenvalue weighted by atomic mass is 10.1. The molecular weight excluding hydrogens is 353 g/mol. The van der Waals surface area contributed by atoms with Gasteiger partial charge in [-0.25, -0.2) is 0 Å². The van der Waals surface area contributed by atoms with Crippen molar-refractivity contribution in [2.24, 2.45) is 4.99 Å². The van der Waals surface area contributed by atoms with Crippen LogP contribution in [0.25, 0.3) is 0 Å². The van der Waals surface area contributed by atoms with Gasteiger partial charge in [0.2, 0.25) is 5.91 Å². The second kappa shape index (κ2) is 9.40. The van der Waals surface area contributed by atoms with Crippen molar-refractivity contribution in [2.45, 2.75) is 44.3 Å². The molecular formula is C16H21Cl2N3OS. The highest BCUT2D eigenvalue weighted by molar-refractivity contribution is 8.14. The highest BCUT2D eigenvalue weighted by atomic mass is 35.5. The van der Waals surface area contributed by atoms with Crippen LogP contribution in [0, 0.1) is 0 Å². The summed E-state index contributed by atoms with van der Waals surface area (Å²) in [6.45, 7) is 2.81. The Morgan fingerprint density at radius 1 is 1.39 bits per heavy atom. The van der Waals surface area contributed by atoms with Gasteiger partial charge in [0.05, 0.1) is 6.54 Å². The van der Waals surface area contributed by atoms with Crippen LogP contribution in [-0.4, -0.2) is 22.9 Å². The highest BCUT2D eigenvalue weighted by Crippen LogP contribution is 2.28. The summed E-state index contributed by atoms with van der Waals surface area (Å²) in [5.41, 5.74) is 6.63. The number of hydrogen-bond donors (Lipinski definition) is 2. The fourth-order valence-electron chi connectivity index (χ4n) is 2.26. The lowest BCUT2D eigenvalue weighted by Gasteiger charge is -2.11. The molecule has 0 aromatic heterocycles. The molecule has 126 valence electrons. The molecule has 0 fully saturated rings. The zero-order chi connectivity index (χ0) is 16.7. The predicted octanol–water partition coefficient (Wildman–Crippen LogP) is 4.21. The Labute approximate surface area is 151 Å². The van der Waals surface area contributed by atoms with Crippen molar-refractivity contribution < 1.29 is 4.79 Å². The van der Waals surface area contributed by atoms with Gasteiger partial charge in [-0.2, -0.15) is 0 Å². The molecule has 1 aromatic carbocycles. The number of unbranched alkanes of at least 4 members (excludes halogenated alkanes) is 2. The molecule has 7 heteroatoms. The van der Waals surface area contributed by atoms with Crippen LogP contribution in [0.3, 0.4) is 0 Å². The molecule has 0 aliphatic carbocycles. The summed E-state index contributed by atoms with van der Waals surface area (Å²) >= 11 is 13.8. The molecule has 1 aliphatic rings. The number of thioether (sulfide) groups is 1. The zero-order valence-electron chi connectivity index (χ0n) is 13.1. The predicted molar refractivity (Wildman–Crippen MR) is 99.3 cm³/mol. The second-order valence-electron chi connectivity index (χ2n) is 5.46. The first-order chi connectivity index (χ1) is 11.1. The first-order valence-corrected chi connectivity index (χ1v) is 9.42. The molecule has 0 spiro atoms. The van der Waals surface area contributed by atoms with E-state index < -0.39 is 0 Å². The quantitative estimate of drug-likeness (QED) is 0.579. The van der Waals surface area contributed by atoms with Gasteiger partial charge in [0, 0.05) is 21.7 Å². The number of aliphatic imine (C=N–C) groups is 1. The van der Waals surface area contributed by atoms with Gasteiger partial charge in [0.1, 0.15) is 0 Å². The molecule has 0 saturated heterocycles. The van der Waals surface area contributed by atoms with Crippen molar-refractivity contribution in [1.82, 2.24) is 10.9 Å². The lowest BCUT2D eigenvalue weighted by molar-refractivity contribution is -0.121. The normalized spacial score (nSPS) is 17.0. The average Bonchev–Trinajstić information content (AvgIpc) is 2.97. The Hall–Kier alpha value is -0.910. The Morgan fingerprint density at radius 3 is 3.00 bits per heavy atom. The maximum Gasteiger partial charge on any atom is 0.238 e. The average molecular weight is 374 g/mol. The summed E-state index contributed by atoms with van der Waals surface area (Å²) < 4.78 is 0. The molecule has 23 heavy (non-hydrogen) atoms. The van der Waals surface area contributed by atoms with Gasteiger partial charge in [-0.1, -0.05) is 54.7 Å². The molecule has 1 amide bonds. The minimum Gasteiger partial charge on any atom is -0.277 e. The van der Waals surface area contributed by atoms with Crippen LogP contribution in [0.2, 0.25) is 10.0 Å². The molecule has 1 aliphatic heterocycles. The number of halogens is 2. The van der Waals surface area contributed by atoms with Gasteiger partial charge in [-0.3, -0.25) is 20.6 Å². The standard InChI is InChI=1S/C16H21Cl2N3OS/c1-2-3-4-5-15(22)20-21-16-19-10-13(23-16)9-11-8-12(17)6-7-14(11)18/h6-8,13H,2-5,9-10H2,1H3,(H,19,21)(H,20,22). The fraction of sp³-hybridized carbons (Fsp3) is 0.500. The second-order valence-corrected chi connectivity index (χ2v) is 7.59. The fourth-order valence-corrected chi connectivity index (χ4v) is 3.63. The summed E-state index contributed by atoms with van der Waals surface area (Å²) in [5.74, 6) is 0.00286. The summed E-state index contributed by atoms with van der Waals surface area (Å²) in [6.07, 6.45) is 4.44. The van der Waals surface area contributed by atoms with E-state index in [1.54, 1.807) is 17.8 Å². The smallest absolute Gasteiger partial charge is 0.238 e. The van der Waals surface area contributed by atoms with Crippen molar-refractivity contribution in [2.75, 3.05) is 6.54 Å². The van der Waals surface area contributed by atoms with Crippen molar-refractivity contribution in [3.8, 4) is 0 Å². The number of carbonyl (C=O) groups is 1. The van der Waals surface area contributed by atoms with E-state index >= 15 is 0 Å². The van der Waals surface area contributed by atoms with Gasteiger partial charge in [0.15, 0.2) is 5.17 Å². The van der Waals surface area contributed by atoms with E-state index in [9.17, 15) is 4.79 Å². The summed E-state index contributed by atoms with van der Waals surface area (Å²) in [4.78, 5) is 16.1. The van der Waals surface area contributed by atoms with Crippen molar-refractivity contribution in [3.05, 3.63) is 33.8 Å². The van der Waals surface area contributed by atoms with Crippen molar-refractivity contribution in [1.29, 1.82) is 0 Å². The molecule has 1 heterocycles. The monoisotopic (exact) mass is 373 g/mol. The highest BCUT2D eigenvalue weighted by Gasteiger charge is 2.21. The number of rotatable bonds is 6. The third kappa shape index (κ3) is 6.24. The van der Waals surface area contributed by atoms with E-state index in [1.165, 1.54) is 0 Å². The molecule has 2 rings (SSSR count). The van der Waals surface area contributed by atoms with Crippen LogP contribution >= 0.6 is 35.0 Å². The Morgan fingerprint density at radius 2 is 2.22 bits per heavy atom. The Balaban J connectivity index is 1.73. The minimum atomic E-state index is 0.00286. The topological polar surface area (TPSA) is 53.5 Å². The van der Waals surface area contributed by atoms with Gasteiger partial charge in [0.25, 0.3) is 0 Å². The van der Waals surface area contributed by atoms with Crippen LogP contribution in [0.4, 0.5) is 0 Å². The van der Waals surface area contributed by atoms with Gasteiger partial charge >= 0.3 is 0 Å².